The van der Waals surface area contributed by atoms with Crippen LogP contribution in [0, 0.1) is 0 Å². The topological polar surface area (TPSA) is 24.1 Å². The molecule has 86 valence electrons. The van der Waals surface area contributed by atoms with Crippen LogP contribution in [0.25, 0.3) is 0 Å². The highest BCUT2D eigenvalue weighted by molar-refractivity contribution is 9.10. The molecule has 1 aromatic carbocycles. The Morgan fingerprint density at radius 3 is 3.19 bits per heavy atom. The summed E-state index contributed by atoms with van der Waals surface area (Å²) in [6.45, 7) is 4.54. The fourth-order valence-corrected chi connectivity index (χ4v) is 3.75. The van der Waals surface area contributed by atoms with Crippen molar-refractivity contribution in [1.82, 2.24) is 5.32 Å². The first-order valence-electron chi connectivity index (χ1n) is 6.04. The number of anilines is 1. The molecular formula is C13H17BrN2. The number of hydrogen-bond acceptors (Lipinski definition) is 2. The molecular weight excluding hydrogens is 264 g/mol. The van der Waals surface area contributed by atoms with E-state index in [0.717, 1.165) is 13.1 Å². The molecule has 0 aromatic heterocycles. The quantitative estimate of drug-likeness (QED) is 0.827. The van der Waals surface area contributed by atoms with Crippen molar-refractivity contribution in [2.45, 2.75) is 31.2 Å². The van der Waals surface area contributed by atoms with E-state index in [1.807, 2.05) is 0 Å². The van der Waals surface area contributed by atoms with Crippen molar-refractivity contribution in [2.75, 3.05) is 18.4 Å². The third-order valence-electron chi connectivity index (χ3n) is 4.22. The lowest BCUT2D eigenvalue weighted by Gasteiger charge is -2.39. The minimum Gasteiger partial charge on any atom is -0.380 e. The van der Waals surface area contributed by atoms with E-state index in [9.17, 15) is 0 Å². The monoisotopic (exact) mass is 280 g/mol. The lowest BCUT2D eigenvalue weighted by Crippen LogP contribution is -2.52. The summed E-state index contributed by atoms with van der Waals surface area (Å²) in [5, 5.41) is 7.26. The highest BCUT2D eigenvalue weighted by atomic mass is 79.9. The van der Waals surface area contributed by atoms with Gasteiger partial charge in [-0.25, -0.2) is 0 Å². The molecule has 0 aliphatic carbocycles. The maximum absolute atomic E-state index is 3.71. The van der Waals surface area contributed by atoms with Crippen molar-refractivity contribution in [3.05, 3.63) is 28.2 Å². The van der Waals surface area contributed by atoms with Crippen LogP contribution in [0.5, 0.6) is 0 Å². The van der Waals surface area contributed by atoms with Gasteiger partial charge in [-0.05, 0) is 46.9 Å². The van der Waals surface area contributed by atoms with Crippen LogP contribution in [0.15, 0.2) is 22.7 Å². The third kappa shape index (κ3) is 1.28. The minimum atomic E-state index is 0.303. The molecule has 2 heterocycles. The second kappa shape index (κ2) is 3.74. The van der Waals surface area contributed by atoms with Crippen molar-refractivity contribution < 1.29 is 0 Å². The van der Waals surface area contributed by atoms with Crippen molar-refractivity contribution in [1.29, 1.82) is 0 Å². The normalized spacial score (nSPS) is 31.8. The molecule has 2 aliphatic rings. The average molecular weight is 281 g/mol. The predicted octanol–water partition coefficient (Wildman–Crippen LogP) is 2.88. The molecule has 1 saturated heterocycles. The van der Waals surface area contributed by atoms with Gasteiger partial charge in [-0.2, -0.15) is 0 Å². The Labute approximate surface area is 105 Å². The van der Waals surface area contributed by atoms with Gasteiger partial charge in [-0.15, -0.1) is 0 Å². The third-order valence-corrected chi connectivity index (χ3v) is 4.88. The Hall–Kier alpha value is -0.540. The molecule has 0 amide bonds. The molecule has 2 aliphatic heterocycles. The number of nitrogens with one attached hydrogen (secondary N) is 2. The number of rotatable bonds is 1. The maximum Gasteiger partial charge on any atom is 0.0526 e. The van der Waals surface area contributed by atoms with Gasteiger partial charge in [0, 0.05) is 22.5 Å². The Bertz CT molecular complexity index is 418. The standard InChI is InChI=1S/C13H17BrN2/c1-2-13-8-15-7-6-11(13)16-12-9(13)4-3-5-10(12)14/h3-5,11,15-16H,2,6-8H2,1H3. The lowest BCUT2D eigenvalue weighted by molar-refractivity contribution is 0.290. The van der Waals surface area contributed by atoms with Gasteiger partial charge in [0.15, 0.2) is 0 Å². The van der Waals surface area contributed by atoms with E-state index >= 15 is 0 Å². The molecule has 1 fully saturated rings. The average Bonchev–Trinajstić information content (AvgIpc) is 2.66. The zero-order valence-electron chi connectivity index (χ0n) is 9.52. The van der Waals surface area contributed by atoms with E-state index in [-0.39, 0.29) is 0 Å². The zero-order valence-corrected chi connectivity index (χ0v) is 11.1. The molecule has 2 atom stereocenters. The molecule has 3 heteroatoms. The maximum atomic E-state index is 3.71. The number of piperidine rings is 1. The predicted molar refractivity (Wildman–Crippen MR) is 71.0 cm³/mol. The first-order chi connectivity index (χ1) is 7.78. The van der Waals surface area contributed by atoms with Crippen LogP contribution in [0.4, 0.5) is 5.69 Å². The van der Waals surface area contributed by atoms with E-state index in [1.54, 1.807) is 0 Å². The summed E-state index contributed by atoms with van der Waals surface area (Å²) in [6.07, 6.45) is 2.41. The number of para-hydroxylation sites is 1. The molecule has 0 radical (unpaired) electrons. The first kappa shape index (κ1) is 10.6. The lowest BCUT2D eigenvalue weighted by atomic mass is 9.71. The Balaban J connectivity index is 2.14. The molecule has 0 bridgehead atoms. The first-order valence-corrected chi connectivity index (χ1v) is 6.83. The Morgan fingerprint density at radius 1 is 1.50 bits per heavy atom. The molecule has 0 saturated carbocycles. The summed E-state index contributed by atoms with van der Waals surface area (Å²) in [5.74, 6) is 0. The highest BCUT2D eigenvalue weighted by Crippen LogP contribution is 2.48. The summed E-state index contributed by atoms with van der Waals surface area (Å²) in [5.41, 5.74) is 3.11. The molecule has 16 heavy (non-hydrogen) atoms. The summed E-state index contributed by atoms with van der Waals surface area (Å²) < 4.78 is 1.20. The zero-order chi connectivity index (χ0) is 11.2. The Morgan fingerprint density at radius 2 is 2.38 bits per heavy atom. The largest absolute Gasteiger partial charge is 0.380 e. The number of benzene rings is 1. The molecule has 2 nitrogen and oxygen atoms in total. The highest BCUT2D eigenvalue weighted by Gasteiger charge is 2.47. The van der Waals surface area contributed by atoms with Crippen LogP contribution in [0.2, 0.25) is 0 Å². The number of fused-ring (bicyclic) bond motifs is 3. The van der Waals surface area contributed by atoms with Crippen molar-refractivity contribution >= 4 is 21.6 Å². The Kier molecular flexibility index (Phi) is 2.48. The van der Waals surface area contributed by atoms with Gasteiger partial charge in [0.05, 0.1) is 5.69 Å². The minimum absolute atomic E-state index is 0.303. The van der Waals surface area contributed by atoms with Crippen molar-refractivity contribution in [3.8, 4) is 0 Å². The molecule has 1 aromatic rings. The molecule has 0 spiro atoms. The van der Waals surface area contributed by atoms with Gasteiger partial charge in [0.1, 0.15) is 0 Å². The van der Waals surface area contributed by atoms with Crippen molar-refractivity contribution in [2.24, 2.45) is 0 Å². The van der Waals surface area contributed by atoms with Crippen LogP contribution >= 0.6 is 15.9 Å². The van der Waals surface area contributed by atoms with E-state index in [0.29, 0.717) is 11.5 Å². The van der Waals surface area contributed by atoms with Gasteiger partial charge in [-0.1, -0.05) is 19.1 Å². The number of hydrogen-bond donors (Lipinski definition) is 2. The summed E-state index contributed by atoms with van der Waals surface area (Å²) in [6, 6.07) is 7.16. The summed E-state index contributed by atoms with van der Waals surface area (Å²) in [7, 11) is 0. The van der Waals surface area contributed by atoms with E-state index in [2.05, 4.69) is 51.7 Å². The smallest absolute Gasteiger partial charge is 0.0526 e. The van der Waals surface area contributed by atoms with Crippen molar-refractivity contribution in [3.63, 3.8) is 0 Å². The van der Waals surface area contributed by atoms with Crippen LogP contribution < -0.4 is 10.6 Å². The van der Waals surface area contributed by atoms with Gasteiger partial charge in [0.25, 0.3) is 0 Å². The van der Waals surface area contributed by atoms with E-state index in [4.69, 9.17) is 0 Å². The van der Waals surface area contributed by atoms with E-state index < -0.39 is 0 Å². The van der Waals surface area contributed by atoms with Crippen LogP contribution in [-0.2, 0) is 5.41 Å². The molecule has 2 N–H and O–H groups in total. The SMILES string of the molecule is CCC12CNCCC1Nc1c(Br)cccc12. The molecule has 2 unspecified atom stereocenters. The van der Waals surface area contributed by atoms with Gasteiger partial charge in [0.2, 0.25) is 0 Å². The van der Waals surface area contributed by atoms with Crippen LogP contribution in [0.3, 0.4) is 0 Å². The molecule has 3 rings (SSSR count). The van der Waals surface area contributed by atoms with E-state index in [1.165, 1.54) is 28.6 Å². The fourth-order valence-electron chi connectivity index (χ4n) is 3.27. The van der Waals surface area contributed by atoms with Gasteiger partial charge in [-0.3, -0.25) is 0 Å². The van der Waals surface area contributed by atoms with Gasteiger partial charge >= 0.3 is 0 Å². The second-order valence-electron chi connectivity index (χ2n) is 4.83. The summed E-state index contributed by atoms with van der Waals surface area (Å²) >= 11 is 3.65. The fraction of sp³-hybridized carbons (Fsp3) is 0.538. The number of halogens is 1. The van der Waals surface area contributed by atoms with Crippen LogP contribution in [-0.4, -0.2) is 19.1 Å². The summed E-state index contributed by atoms with van der Waals surface area (Å²) in [4.78, 5) is 0. The second-order valence-corrected chi connectivity index (χ2v) is 5.69. The van der Waals surface area contributed by atoms with Crippen LogP contribution in [0.1, 0.15) is 25.3 Å². The van der Waals surface area contributed by atoms with Gasteiger partial charge < -0.3 is 10.6 Å².